The van der Waals surface area contributed by atoms with E-state index < -0.39 is 5.91 Å². The van der Waals surface area contributed by atoms with E-state index in [1.807, 2.05) is 6.07 Å². The molecule has 0 aliphatic carbocycles. The van der Waals surface area contributed by atoms with Crippen LogP contribution in [-0.2, 0) is 17.6 Å². The number of carbonyl (C=O) groups is 2. The molecule has 1 heterocycles. The van der Waals surface area contributed by atoms with Gasteiger partial charge in [-0.05, 0) is 24.8 Å². The van der Waals surface area contributed by atoms with E-state index in [0.717, 1.165) is 32.1 Å². The Morgan fingerprint density at radius 2 is 1.78 bits per heavy atom. The Hall–Kier alpha value is -2.43. The van der Waals surface area contributed by atoms with Crippen LogP contribution < -0.4 is 5.73 Å². The van der Waals surface area contributed by atoms with Gasteiger partial charge in [0.2, 0.25) is 11.7 Å². The molecule has 2 rings (SSSR count). The minimum Gasteiger partial charge on any atom is -0.438 e. The van der Waals surface area contributed by atoms with Crippen molar-refractivity contribution >= 4 is 11.7 Å². The molecule has 0 fully saturated rings. The van der Waals surface area contributed by atoms with Crippen molar-refractivity contribution in [1.29, 1.82) is 0 Å². The second-order valence-electron chi connectivity index (χ2n) is 5.60. The van der Waals surface area contributed by atoms with Gasteiger partial charge in [-0.25, -0.2) is 4.98 Å². The molecule has 23 heavy (non-hydrogen) atoms. The van der Waals surface area contributed by atoms with Crippen LogP contribution in [0.15, 0.2) is 40.9 Å². The van der Waals surface area contributed by atoms with Crippen LogP contribution in [0.4, 0.5) is 0 Å². The summed E-state index contributed by atoms with van der Waals surface area (Å²) < 4.78 is 5.23. The number of hydrogen-bond acceptors (Lipinski definition) is 4. The van der Waals surface area contributed by atoms with Gasteiger partial charge in [0.1, 0.15) is 5.76 Å². The fraction of sp³-hybridized carbons (Fsp3) is 0.389. The summed E-state index contributed by atoms with van der Waals surface area (Å²) in [7, 11) is 0. The lowest BCUT2D eigenvalue weighted by Crippen LogP contribution is -2.13. The maximum absolute atomic E-state index is 11.9. The molecule has 0 bridgehead atoms. The third-order valence-electron chi connectivity index (χ3n) is 3.60. The SMILES string of the molecule is NC(=O)Cc1cnc(C(=O)CCCCCCc2ccccc2)o1. The van der Waals surface area contributed by atoms with Gasteiger partial charge in [-0.3, -0.25) is 9.59 Å². The van der Waals surface area contributed by atoms with E-state index >= 15 is 0 Å². The van der Waals surface area contributed by atoms with Gasteiger partial charge in [-0.2, -0.15) is 0 Å². The van der Waals surface area contributed by atoms with Crippen LogP contribution in [0.25, 0.3) is 0 Å². The molecular formula is C18H22N2O3. The fourth-order valence-corrected chi connectivity index (χ4v) is 2.41. The van der Waals surface area contributed by atoms with Crippen molar-refractivity contribution in [2.24, 2.45) is 5.73 Å². The molecule has 0 saturated carbocycles. The normalized spacial score (nSPS) is 10.6. The first-order valence-electron chi connectivity index (χ1n) is 7.95. The maximum Gasteiger partial charge on any atom is 0.263 e. The third-order valence-corrected chi connectivity index (χ3v) is 3.60. The number of primary amides is 1. The largest absolute Gasteiger partial charge is 0.438 e. The van der Waals surface area contributed by atoms with Gasteiger partial charge in [-0.15, -0.1) is 0 Å². The molecule has 1 aromatic carbocycles. The molecule has 2 N–H and O–H groups in total. The second kappa shape index (κ2) is 8.88. The zero-order chi connectivity index (χ0) is 16.5. The van der Waals surface area contributed by atoms with Crippen molar-refractivity contribution in [2.45, 2.75) is 44.9 Å². The highest BCUT2D eigenvalue weighted by Crippen LogP contribution is 2.12. The minimum absolute atomic E-state index is 0.0280. The monoisotopic (exact) mass is 314 g/mol. The van der Waals surface area contributed by atoms with E-state index in [1.165, 1.54) is 11.8 Å². The lowest BCUT2D eigenvalue weighted by molar-refractivity contribution is -0.117. The number of Topliss-reactive ketones (excluding diaryl/α,β-unsaturated/α-hetero) is 1. The first kappa shape index (κ1) is 16.9. The van der Waals surface area contributed by atoms with Crippen molar-refractivity contribution in [3.8, 4) is 0 Å². The molecule has 0 spiro atoms. The van der Waals surface area contributed by atoms with Gasteiger partial charge in [-0.1, -0.05) is 43.2 Å². The zero-order valence-corrected chi connectivity index (χ0v) is 13.2. The minimum atomic E-state index is -0.501. The standard InChI is InChI=1S/C18H22N2O3/c19-17(22)12-15-13-20-18(23-15)16(21)11-7-2-1-4-8-14-9-5-3-6-10-14/h3,5-6,9-10,13H,1-2,4,7-8,11-12H2,(H2,19,22). The number of oxazole rings is 1. The van der Waals surface area contributed by atoms with Crippen LogP contribution in [0.2, 0.25) is 0 Å². The molecule has 5 heteroatoms. The van der Waals surface area contributed by atoms with E-state index in [4.69, 9.17) is 10.2 Å². The number of nitrogens with two attached hydrogens (primary N) is 1. The zero-order valence-electron chi connectivity index (χ0n) is 13.2. The fourth-order valence-electron chi connectivity index (χ4n) is 2.41. The Balaban J connectivity index is 1.61. The second-order valence-corrected chi connectivity index (χ2v) is 5.60. The average Bonchev–Trinajstić information content (AvgIpc) is 2.99. The Morgan fingerprint density at radius 1 is 1.04 bits per heavy atom. The highest BCUT2D eigenvalue weighted by Gasteiger charge is 2.13. The van der Waals surface area contributed by atoms with Crippen LogP contribution in [0.3, 0.4) is 0 Å². The predicted molar refractivity (Wildman–Crippen MR) is 87.0 cm³/mol. The van der Waals surface area contributed by atoms with Gasteiger partial charge < -0.3 is 10.2 Å². The third kappa shape index (κ3) is 6.06. The summed E-state index contributed by atoms with van der Waals surface area (Å²) >= 11 is 0. The lowest BCUT2D eigenvalue weighted by Gasteiger charge is -2.01. The molecule has 0 unspecified atom stereocenters. The summed E-state index contributed by atoms with van der Waals surface area (Å²) in [5.41, 5.74) is 6.42. The van der Waals surface area contributed by atoms with Crippen molar-refractivity contribution in [2.75, 3.05) is 0 Å². The number of nitrogens with zero attached hydrogens (tertiary/aromatic N) is 1. The van der Waals surface area contributed by atoms with E-state index in [1.54, 1.807) is 0 Å². The van der Waals surface area contributed by atoms with E-state index in [9.17, 15) is 9.59 Å². The molecule has 5 nitrogen and oxygen atoms in total. The molecule has 0 radical (unpaired) electrons. The van der Waals surface area contributed by atoms with Crippen molar-refractivity contribution in [1.82, 2.24) is 4.98 Å². The number of rotatable bonds is 10. The molecular weight excluding hydrogens is 292 g/mol. The Kier molecular flexibility index (Phi) is 6.54. The first-order valence-corrected chi connectivity index (χ1v) is 7.95. The molecule has 0 aliphatic heterocycles. The molecule has 1 aromatic heterocycles. The molecule has 1 amide bonds. The van der Waals surface area contributed by atoms with Crippen LogP contribution >= 0.6 is 0 Å². The van der Waals surface area contributed by atoms with Gasteiger partial charge in [0.25, 0.3) is 5.89 Å². The predicted octanol–water partition coefficient (Wildman–Crippen LogP) is 3.08. The average molecular weight is 314 g/mol. The van der Waals surface area contributed by atoms with E-state index in [0.29, 0.717) is 12.2 Å². The first-order chi connectivity index (χ1) is 11.1. The highest BCUT2D eigenvalue weighted by atomic mass is 16.4. The van der Waals surface area contributed by atoms with Gasteiger partial charge in [0.15, 0.2) is 0 Å². The van der Waals surface area contributed by atoms with Crippen LogP contribution in [0.1, 0.15) is 54.1 Å². The molecule has 2 aromatic rings. The summed E-state index contributed by atoms with van der Waals surface area (Å²) in [5.74, 6) is -0.211. The summed E-state index contributed by atoms with van der Waals surface area (Å²) in [5, 5.41) is 0. The highest BCUT2D eigenvalue weighted by molar-refractivity contribution is 5.91. The van der Waals surface area contributed by atoms with Gasteiger partial charge in [0, 0.05) is 6.42 Å². The van der Waals surface area contributed by atoms with Crippen LogP contribution in [0.5, 0.6) is 0 Å². The number of benzene rings is 1. The van der Waals surface area contributed by atoms with E-state index in [2.05, 4.69) is 29.2 Å². The smallest absolute Gasteiger partial charge is 0.263 e. The quantitative estimate of drug-likeness (QED) is 0.539. The Morgan fingerprint density at radius 3 is 2.52 bits per heavy atom. The number of ketones is 1. The number of aryl methyl sites for hydroxylation is 1. The maximum atomic E-state index is 11.9. The molecule has 0 saturated heterocycles. The molecule has 0 aliphatic rings. The van der Waals surface area contributed by atoms with E-state index in [-0.39, 0.29) is 18.1 Å². The summed E-state index contributed by atoms with van der Waals surface area (Å²) in [6.45, 7) is 0. The molecule has 122 valence electrons. The number of hydrogen-bond donors (Lipinski definition) is 1. The number of unbranched alkanes of at least 4 members (excludes halogenated alkanes) is 3. The van der Waals surface area contributed by atoms with Crippen LogP contribution in [-0.4, -0.2) is 16.7 Å². The molecule has 0 atom stereocenters. The summed E-state index contributed by atoms with van der Waals surface area (Å²) in [4.78, 5) is 26.6. The lowest BCUT2D eigenvalue weighted by atomic mass is 10.0. The van der Waals surface area contributed by atoms with Crippen molar-refractivity contribution in [3.63, 3.8) is 0 Å². The summed E-state index contributed by atoms with van der Waals surface area (Å²) in [6.07, 6.45) is 6.90. The Labute approximate surface area is 135 Å². The number of aromatic nitrogens is 1. The summed E-state index contributed by atoms with van der Waals surface area (Å²) in [6, 6.07) is 10.4. The number of carbonyl (C=O) groups excluding carboxylic acids is 2. The van der Waals surface area contributed by atoms with Gasteiger partial charge in [0.05, 0.1) is 12.6 Å². The Bertz CT molecular complexity index is 635. The van der Waals surface area contributed by atoms with Crippen molar-refractivity contribution < 1.29 is 14.0 Å². The topological polar surface area (TPSA) is 86.2 Å². The number of amides is 1. The van der Waals surface area contributed by atoms with Crippen molar-refractivity contribution in [3.05, 3.63) is 53.7 Å². The van der Waals surface area contributed by atoms with Crippen LogP contribution in [0, 0.1) is 0 Å². The van der Waals surface area contributed by atoms with Gasteiger partial charge >= 0.3 is 0 Å².